The average molecular weight is 352 g/mol. The first kappa shape index (κ1) is 16.9. The van der Waals surface area contributed by atoms with Gasteiger partial charge in [0.25, 0.3) is 5.91 Å². The zero-order valence-corrected chi connectivity index (χ0v) is 14.0. The van der Waals surface area contributed by atoms with E-state index in [1.54, 1.807) is 6.07 Å². The molecule has 1 saturated heterocycles. The molecule has 24 heavy (non-hydrogen) atoms. The van der Waals surface area contributed by atoms with Gasteiger partial charge in [-0.05, 0) is 50.3 Å². The summed E-state index contributed by atoms with van der Waals surface area (Å²) in [6.07, 6.45) is 3.50. The van der Waals surface area contributed by atoms with Gasteiger partial charge < -0.3 is 10.4 Å². The van der Waals surface area contributed by atoms with Crippen molar-refractivity contribution in [1.29, 1.82) is 0 Å². The van der Waals surface area contributed by atoms with Crippen molar-refractivity contribution in [3.8, 4) is 0 Å². The Morgan fingerprint density at radius 2 is 1.92 bits per heavy atom. The molecule has 0 radical (unpaired) electrons. The SMILES string of the molecule is O=C(NC1CC1)c1cccc(S(=O)(=O)N2CCCCC2C(=O)O)c1. The number of piperidine rings is 1. The summed E-state index contributed by atoms with van der Waals surface area (Å²) in [5.74, 6) is -1.44. The van der Waals surface area contributed by atoms with Crippen LogP contribution in [0.3, 0.4) is 0 Å². The van der Waals surface area contributed by atoms with Gasteiger partial charge in [0, 0.05) is 18.2 Å². The van der Waals surface area contributed by atoms with Crippen molar-refractivity contribution in [2.24, 2.45) is 0 Å². The van der Waals surface area contributed by atoms with E-state index in [2.05, 4.69) is 5.32 Å². The van der Waals surface area contributed by atoms with Gasteiger partial charge in [0.2, 0.25) is 10.0 Å². The van der Waals surface area contributed by atoms with Gasteiger partial charge in [0.15, 0.2) is 0 Å². The molecular formula is C16H20N2O5S. The molecule has 1 aliphatic carbocycles. The zero-order chi connectivity index (χ0) is 17.3. The van der Waals surface area contributed by atoms with Crippen molar-refractivity contribution in [2.75, 3.05) is 6.54 Å². The highest BCUT2D eigenvalue weighted by atomic mass is 32.2. The predicted octanol–water partition coefficient (Wildman–Crippen LogP) is 1.21. The van der Waals surface area contributed by atoms with Crippen LogP contribution >= 0.6 is 0 Å². The van der Waals surface area contributed by atoms with Gasteiger partial charge in [0.1, 0.15) is 6.04 Å². The molecule has 2 N–H and O–H groups in total. The van der Waals surface area contributed by atoms with E-state index in [0.29, 0.717) is 19.3 Å². The Kier molecular flexibility index (Phi) is 4.60. The summed E-state index contributed by atoms with van der Waals surface area (Å²) >= 11 is 0. The monoisotopic (exact) mass is 352 g/mol. The molecule has 1 amide bonds. The average Bonchev–Trinajstić information content (AvgIpc) is 3.39. The van der Waals surface area contributed by atoms with Crippen LogP contribution in [0.2, 0.25) is 0 Å². The zero-order valence-electron chi connectivity index (χ0n) is 13.1. The topological polar surface area (TPSA) is 104 Å². The van der Waals surface area contributed by atoms with Crippen molar-refractivity contribution >= 4 is 21.9 Å². The van der Waals surface area contributed by atoms with Gasteiger partial charge in [-0.25, -0.2) is 8.42 Å². The Morgan fingerprint density at radius 3 is 2.58 bits per heavy atom. The van der Waals surface area contributed by atoms with E-state index in [-0.39, 0.29) is 29.0 Å². The normalized spacial score (nSPS) is 22.1. The standard InChI is InChI=1S/C16H20N2O5S/c19-15(17-12-7-8-12)11-4-3-5-13(10-11)24(22,23)18-9-2-1-6-14(18)16(20)21/h3-5,10,12,14H,1-2,6-9H2,(H,17,19)(H,20,21). The molecule has 1 aromatic rings. The minimum atomic E-state index is -3.95. The Bertz CT molecular complexity index is 757. The maximum absolute atomic E-state index is 12.8. The fourth-order valence-corrected chi connectivity index (χ4v) is 4.57. The third kappa shape index (κ3) is 3.44. The van der Waals surface area contributed by atoms with Crippen molar-refractivity contribution in [1.82, 2.24) is 9.62 Å². The molecule has 1 saturated carbocycles. The number of hydrogen-bond acceptors (Lipinski definition) is 4. The number of amides is 1. The number of nitrogens with one attached hydrogen (secondary N) is 1. The maximum atomic E-state index is 12.8. The van der Waals surface area contributed by atoms with Crippen LogP contribution in [0.5, 0.6) is 0 Å². The van der Waals surface area contributed by atoms with Gasteiger partial charge in [0.05, 0.1) is 4.90 Å². The lowest BCUT2D eigenvalue weighted by molar-refractivity contribution is -0.142. The molecule has 0 aromatic heterocycles. The molecule has 1 atom stereocenters. The minimum absolute atomic E-state index is 0.0425. The van der Waals surface area contributed by atoms with Crippen LogP contribution in [-0.2, 0) is 14.8 Å². The second-order valence-corrected chi connectivity index (χ2v) is 8.13. The summed E-state index contributed by atoms with van der Waals surface area (Å²) in [5.41, 5.74) is 0.270. The third-order valence-electron chi connectivity index (χ3n) is 4.35. The number of rotatable bonds is 5. The number of sulfonamides is 1. The van der Waals surface area contributed by atoms with Crippen LogP contribution in [0, 0.1) is 0 Å². The molecule has 2 aliphatic rings. The van der Waals surface area contributed by atoms with E-state index in [1.165, 1.54) is 18.2 Å². The lowest BCUT2D eigenvalue weighted by atomic mass is 10.1. The van der Waals surface area contributed by atoms with Gasteiger partial charge in [-0.1, -0.05) is 6.07 Å². The van der Waals surface area contributed by atoms with Crippen LogP contribution in [-0.4, -0.2) is 48.3 Å². The molecule has 1 heterocycles. The van der Waals surface area contributed by atoms with Crippen LogP contribution in [0.15, 0.2) is 29.2 Å². The second kappa shape index (κ2) is 6.52. The number of aliphatic carboxylic acids is 1. The Labute approximate surface area is 140 Å². The van der Waals surface area contributed by atoms with E-state index >= 15 is 0 Å². The molecule has 8 heteroatoms. The van der Waals surface area contributed by atoms with E-state index in [1.807, 2.05) is 0 Å². The second-order valence-electron chi connectivity index (χ2n) is 6.24. The highest BCUT2D eigenvalue weighted by molar-refractivity contribution is 7.89. The Hall–Kier alpha value is -1.93. The van der Waals surface area contributed by atoms with E-state index < -0.39 is 22.0 Å². The molecule has 3 rings (SSSR count). The summed E-state index contributed by atoms with van der Waals surface area (Å²) < 4.78 is 26.7. The van der Waals surface area contributed by atoms with Gasteiger partial charge in [-0.2, -0.15) is 4.31 Å². The Morgan fingerprint density at radius 1 is 1.17 bits per heavy atom. The van der Waals surface area contributed by atoms with Crippen molar-refractivity contribution in [2.45, 2.75) is 49.1 Å². The lowest BCUT2D eigenvalue weighted by Gasteiger charge is -2.31. The number of benzene rings is 1. The molecule has 1 unspecified atom stereocenters. The van der Waals surface area contributed by atoms with Crippen molar-refractivity contribution in [3.63, 3.8) is 0 Å². The maximum Gasteiger partial charge on any atom is 0.322 e. The largest absolute Gasteiger partial charge is 0.480 e. The number of hydrogen-bond donors (Lipinski definition) is 2. The highest BCUT2D eigenvalue weighted by Gasteiger charge is 2.37. The van der Waals surface area contributed by atoms with Crippen LogP contribution < -0.4 is 5.32 Å². The third-order valence-corrected chi connectivity index (χ3v) is 6.26. The number of carbonyl (C=O) groups excluding carboxylic acids is 1. The van der Waals surface area contributed by atoms with Crippen molar-refractivity contribution in [3.05, 3.63) is 29.8 Å². The van der Waals surface area contributed by atoms with E-state index in [0.717, 1.165) is 17.1 Å². The molecule has 7 nitrogen and oxygen atoms in total. The summed E-state index contributed by atoms with van der Waals surface area (Å²) in [5, 5.41) is 12.1. The number of carboxylic acids is 1. The van der Waals surface area contributed by atoms with Crippen LogP contribution in [0.25, 0.3) is 0 Å². The summed E-state index contributed by atoms with van der Waals surface area (Å²) in [7, 11) is -3.95. The van der Waals surface area contributed by atoms with Crippen molar-refractivity contribution < 1.29 is 23.1 Å². The molecule has 2 fully saturated rings. The molecule has 0 bridgehead atoms. The molecule has 130 valence electrons. The quantitative estimate of drug-likeness (QED) is 0.829. The highest BCUT2D eigenvalue weighted by Crippen LogP contribution is 2.26. The molecule has 1 aromatic carbocycles. The van der Waals surface area contributed by atoms with Gasteiger partial charge in [-0.15, -0.1) is 0 Å². The van der Waals surface area contributed by atoms with Gasteiger partial charge in [-0.3, -0.25) is 9.59 Å². The fourth-order valence-electron chi connectivity index (χ4n) is 2.87. The number of nitrogens with zero attached hydrogens (tertiary/aromatic N) is 1. The first-order chi connectivity index (χ1) is 11.4. The fraction of sp³-hybridized carbons (Fsp3) is 0.500. The lowest BCUT2D eigenvalue weighted by Crippen LogP contribution is -2.47. The molecule has 1 aliphatic heterocycles. The minimum Gasteiger partial charge on any atom is -0.480 e. The Balaban J connectivity index is 1.88. The molecular weight excluding hydrogens is 332 g/mol. The first-order valence-electron chi connectivity index (χ1n) is 8.05. The summed E-state index contributed by atoms with van der Waals surface area (Å²) in [6, 6.07) is 4.91. The summed E-state index contributed by atoms with van der Waals surface area (Å²) in [4.78, 5) is 23.4. The van der Waals surface area contributed by atoms with Crippen LogP contribution in [0.1, 0.15) is 42.5 Å². The number of carboxylic acid groups (broad SMARTS) is 1. The predicted molar refractivity (Wildman–Crippen MR) is 86.1 cm³/mol. The number of carbonyl (C=O) groups is 2. The molecule has 0 spiro atoms. The summed E-state index contributed by atoms with van der Waals surface area (Å²) in [6.45, 7) is 0.178. The van der Waals surface area contributed by atoms with Crippen LogP contribution in [0.4, 0.5) is 0 Å². The smallest absolute Gasteiger partial charge is 0.322 e. The van der Waals surface area contributed by atoms with E-state index in [9.17, 15) is 23.1 Å². The van der Waals surface area contributed by atoms with E-state index in [4.69, 9.17) is 0 Å². The first-order valence-corrected chi connectivity index (χ1v) is 9.49. The van der Waals surface area contributed by atoms with Gasteiger partial charge >= 0.3 is 5.97 Å².